The molecule has 0 spiro atoms. The van der Waals surface area contributed by atoms with Crippen molar-refractivity contribution in [2.45, 2.75) is 0 Å². The van der Waals surface area contributed by atoms with Crippen LogP contribution in [0.15, 0.2) is 47.2 Å². The molecule has 0 saturated carbocycles. The van der Waals surface area contributed by atoms with Crippen LogP contribution < -0.4 is 9.25 Å². The molecule has 1 aromatic carbocycles. The van der Waals surface area contributed by atoms with E-state index >= 15 is 0 Å². The molecule has 60 valence electrons. The van der Waals surface area contributed by atoms with Crippen LogP contribution in [0, 0.1) is 0 Å². The van der Waals surface area contributed by atoms with Crippen LogP contribution in [0.2, 0.25) is 0 Å². The third-order valence-electron chi connectivity index (χ3n) is 1.36. The van der Waals surface area contributed by atoms with E-state index in [1.807, 2.05) is 18.2 Å². The first-order valence-corrected chi connectivity index (χ1v) is 5.29. The molecule has 0 bridgehead atoms. The molecule has 0 radical (unpaired) electrons. The first-order valence-electron chi connectivity index (χ1n) is 3.57. The molecule has 3 heteroatoms. The van der Waals surface area contributed by atoms with Crippen LogP contribution in [0.1, 0.15) is 0 Å². The number of rotatable bonds is 2. The van der Waals surface area contributed by atoms with Crippen molar-refractivity contribution >= 4 is 24.2 Å². The third-order valence-corrected chi connectivity index (χ3v) is 3.21. The molecule has 12 heavy (non-hydrogen) atoms. The van der Waals surface area contributed by atoms with Gasteiger partial charge in [0, 0.05) is 0 Å². The minimum absolute atomic E-state index is 0.213. The van der Waals surface area contributed by atoms with Crippen LogP contribution in [0.5, 0.6) is 0 Å². The molecule has 0 aliphatic carbocycles. The monoisotopic (exact) mass is 225 g/mol. The summed E-state index contributed by atoms with van der Waals surface area (Å²) >= 11 is 0.213. The van der Waals surface area contributed by atoms with Crippen molar-refractivity contribution in [1.82, 2.24) is 4.98 Å². The van der Waals surface area contributed by atoms with E-state index in [9.17, 15) is 0 Å². The summed E-state index contributed by atoms with van der Waals surface area (Å²) in [6, 6.07) is 10.2. The van der Waals surface area contributed by atoms with Gasteiger partial charge in [-0.25, -0.2) is 0 Å². The Bertz CT molecular complexity index is 331. The van der Waals surface area contributed by atoms with E-state index in [0.717, 1.165) is 4.79 Å². The second-order valence-electron chi connectivity index (χ2n) is 2.21. The molecule has 2 rings (SSSR count). The van der Waals surface area contributed by atoms with Gasteiger partial charge in [0.1, 0.15) is 0 Å². The van der Waals surface area contributed by atoms with Gasteiger partial charge in [0.05, 0.1) is 0 Å². The second kappa shape index (κ2) is 3.57. The molecule has 1 aromatic heterocycles. The molecular formula is C9H7NOSe. The summed E-state index contributed by atoms with van der Waals surface area (Å²) in [5.74, 6) is 0. The van der Waals surface area contributed by atoms with E-state index < -0.39 is 0 Å². The van der Waals surface area contributed by atoms with E-state index in [1.54, 1.807) is 12.5 Å². The van der Waals surface area contributed by atoms with Crippen LogP contribution in [0.25, 0.3) is 0 Å². The molecule has 0 saturated heterocycles. The predicted octanol–water partition coefficient (Wildman–Crippen LogP) is 0.330. The van der Waals surface area contributed by atoms with Crippen molar-refractivity contribution in [3.8, 4) is 0 Å². The van der Waals surface area contributed by atoms with Crippen molar-refractivity contribution < 1.29 is 4.42 Å². The first-order chi connectivity index (χ1) is 5.95. The Labute approximate surface area is 76.8 Å². The standard InChI is InChI=1S/C9H7NOSe/c1-2-4-8(5-3-1)12-9-10-6-7-11-9/h1-7H. The molecule has 0 amide bonds. The molecule has 0 aliphatic heterocycles. The van der Waals surface area contributed by atoms with E-state index in [0.29, 0.717) is 0 Å². The van der Waals surface area contributed by atoms with Crippen molar-refractivity contribution in [3.05, 3.63) is 42.8 Å². The summed E-state index contributed by atoms with van der Waals surface area (Å²) < 4.78 is 6.44. The summed E-state index contributed by atoms with van der Waals surface area (Å²) in [6.07, 6.45) is 3.29. The van der Waals surface area contributed by atoms with Crippen LogP contribution in [-0.2, 0) is 0 Å². The van der Waals surface area contributed by atoms with E-state index in [-0.39, 0.29) is 15.0 Å². The van der Waals surface area contributed by atoms with Crippen molar-refractivity contribution in [2.75, 3.05) is 0 Å². The van der Waals surface area contributed by atoms with Gasteiger partial charge in [0.25, 0.3) is 0 Å². The van der Waals surface area contributed by atoms with E-state index in [1.165, 1.54) is 4.46 Å². The predicted molar refractivity (Wildman–Crippen MR) is 48.0 cm³/mol. The molecule has 1 heterocycles. The quantitative estimate of drug-likeness (QED) is 0.687. The third kappa shape index (κ3) is 1.76. The number of hydrogen-bond acceptors (Lipinski definition) is 2. The van der Waals surface area contributed by atoms with Gasteiger partial charge in [-0.05, 0) is 0 Å². The summed E-state index contributed by atoms with van der Waals surface area (Å²) in [5, 5.41) is 0. The van der Waals surface area contributed by atoms with Gasteiger partial charge in [-0.15, -0.1) is 0 Å². The molecule has 0 atom stereocenters. The Balaban J connectivity index is 2.15. The SMILES string of the molecule is c1ccc([Se]c2ncco2)cc1. The zero-order valence-corrected chi connectivity index (χ0v) is 8.02. The number of benzene rings is 1. The van der Waals surface area contributed by atoms with Gasteiger partial charge in [0.2, 0.25) is 0 Å². The average molecular weight is 224 g/mol. The molecule has 0 aliphatic rings. The van der Waals surface area contributed by atoms with Gasteiger partial charge < -0.3 is 0 Å². The summed E-state index contributed by atoms with van der Waals surface area (Å²) in [5.41, 5.74) is 0. The average Bonchev–Trinajstić information content (AvgIpc) is 2.59. The summed E-state index contributed by atoms with van der Waals surface area (Å²) in [6.45, 7) is 0. The van der Waals surface area contributed by atoms with Crippen molar-refractivity contribution in [2.24, 2.45) is 0 Å². The van der Waals surface area contributed by atoms with Crippen LogP contribution >= 0.6 is 0 Å². The maximum atomic E-state index is 5.15. The topological polar surface area (TPSA) is 26.0 Å². The number of hydrogen-bond donors (Lipinski definition) is 0. The Hall–Kier alpha value is -1.05. The molecule has 2 nitrogen and oxygen atoms in total. The first kappa shape index (κ1) is 7.59. The normalized spacial score (nSPS) is 10.0. The van der Waals surface area contributed by atoms with Crippen LogP contribution in [0.3, 0.4) is 0 Å². The Morgan fingerprint density at radius 2 is 2.00 bits per heavy atom. The summed E-state index contributed by atoms with van der Waals surface area (Å²) in [4.78, 5) is 4.90. The van der Waals surface area contributed by atoms with Crippen LogP contribution in [0.4, 0.5) is 0 Å². The van der Waals surface area contributed by atoms with Gasteiger partial charge >= 0.3 is 76.4 Å². The Morgan fingerprint density at radius 1 is 1.17 bits per heavy atom. The van der Waals surface area contributed by atoms with Crippen molar-refractivity contribution in [1.29, 1.82) is 0 Å². The second-order valence-corrected chi connectivity index (χ2v) is 4.36. The van der Waals surface area contributed by atoms with Gasteiger partial charge in [-0.3, -0.25) is 0 Å². The molecular weight excluding hydrogens is 217 g/mol. The molecule has 2 aromatic rings. The van der Waals surface area contributed by atoms with E-state index in [4.69, 9.17) is 4.42 Å². The Morgan fingerprint density at radius 3 is 2.67 bits per heavy atom. The maximum absolute atomic E-state index is 5.15. The Kier molecular flexibility index (Phi) is 2.26. The van der Waals surface area contributed by atoms with Gasteiger partial charge in [-0.2, -0.15) is 0 Å². The fraction of sp³-hybridized carbons (Fsp3) is 0. The van der Waals surface area contributed by atoms with Crippen molar-refractivity contribution in [3.63, 3.8) is 0 Å². The fourth-order valence-electron chi connectivity index (χ4n) is 0.850. The summed E-state index contributed by atoms with van der Waals surface area (Å²) in [7, 11) is 0. The molecule has 0 fully saturated rings. The van der Waals surface area contributed by atoms with Gasteiger partial charge in [0.15, 0.2) is 0 Å². The molecule has 0 unspecified atom stereocenters. The van der Waals surface area contributed by atoms with E-state index in [2.05, 4.69) is 17.1 Å². The minimum atomic E-state index is 0.213. The number of aromatic nitrogens is 1. The number of oxazole rings is 1. The van der Waals surface area contributed by atoms with Crippen LogP contribution in [-0.4, -0.2) is 19.9 Å². The fourth-order valence-corrected chi connectivity index (χ4v) is 2.34. The molecule has 0 N–H and O–H groups in total. The zero-order valence-electron chi connectivity index (χ0n) is 6.31. The zero-order chi connectivity index (χ0) is 8.23. The number of nitrogens with zero attached hydrogens (tertiary/aromatic N) is 1. The van der Waals surface area contributed by atoms with Gasteiger partial charge in [-0.1, -0.05) is 0 Å².